The minimum atomic E-state index is 0.627. The summed E-state index contributed by atoms with van der Waals surface area (Å²) in [7, 11) is 0. The SMILES string of the molecule is CC(C)c1c[c-]ccc1.[Zn+][I]. The predicted octanol–water partition coefficient (Wildman–Crippen LogP) is 3.49. The summed E-state index contributed by atoms with van der Waals surface area (Å²) in [5, 5.41) is 0. The van der Waals surface area contributed by atoms with Crippen LogP contribution >= 0.6 is 19.8 Å². The van der Waals surface area contributed by atoms with Crippen molar-refractivity contribution in [1.29, 1.82) is 0 Å². The first-order chi connectivity index (χ1) is 5.30. The van der Waals surface area contributed by atoms with Gasteiger partial charge in [-0.05, 0) is 0 Å². The fraction of sp³-hybridized carbons (Fsp3) is 0.333. The Balaban J connectivity index is 0.000000461. The van der Waals surface area contributed by atoms with Crippen molar-refractivity contribution in [2.75, 3.05) is 0 Å². The van der Waals surface area contributed by atoms with E-state index in [4.69, 9.17) is 0 Å². The molecule has 0 heterocycles. The van der Waals surface area contributed by atoms with Crippen LogP contribution in [0, 0.1) is 6.07 Å². The summed E-state index contributed by atoms with van der Waals surface area (Å²) in [6, 6.07) is 11.1. The van der Waals surface area contributed by atoms with Crippen LogP contribution in [0.1, 0.15) is 25.3 Å². The molecule has 0 spiro atoms. The van der Waals surface area contributed by atoms with Gasteiger partial charge in [-0.15, -0.1) is 0 Å². The Morgan fingerprint density at radius 3 is 2.36 bits per heavy atom. The van der Waals surface area contributed by atoms with E-state index < -0.39 is 0 Å². The fourth-order valence-electron chi connectivity index (χ4n) is 0.766. The summed E-state index contributed by atoms with van der Waals surface area (Å²) < 4.78 is 0. The van der Waals surface area contributed by atoms with Crippen LogP contribution in [-0.4, -0.2) is 0 Å². The van der Waals surface area contributed by atoms with E-state index in [9.17, 15) is 0 Å². The van der Waals surface area contributed by atoms with Gasteiger partial charge in [0.1, 0.15) is 0 Å². The Labute approximate surface area is 89.6 Å². The van der Waals surface area contributed by atoms with Crippen molar-refractivity contribution in [2.24, 2.45) is 0 Å². The molecular formula is C9H11IZn. The molecule has 56 valence electrons. The molecule has 0 aliphatic carbocycles. The van der Waals surface area contributed by atoms with Gasteiger partial charge in [-0.25, -0.2) is 0 Å². The summed E-state index contributed by atoms with van der Waals surface area (Å²) >= 11 is 3.62. The van der Waals surface area contributed by atoms with E-state index in [0.29, 0.717) is 5.92 Å². The summed E-state index contributed by atoms with van der Waals surface area (Å²) in [6.45, 7) is 4.37. The summed E-state index contributed by atoms with van der Waals surface area (Å²) in [5.41, 5.74) is 1.36. The van der Waals surface area contributed by atoms with E-state index in [2.05, 4.69) is 45.7 Å². The molecule has 0 bridgehead atoms. The maximum absolute atomic E-state index is 3.04. The zero-order valence-electron chi connectivity index (χ0n) is 6.97. The van der Waals surface area contributed by atoms with Crippen LogP contribution < -0.4 is 0 Å². The van der Waals surface area contributed by atoms with Gasteiger partial charge in [0.2, 0.25) is 0 Å². The quantitative estimate of drug-likeness (QED) is 0.423. The van der Waals surface area contributed by atoms with Crippen LogP contribution in [-0.2, 0) is 14.8 Å². The zero-order valence-corrected chi connectivity index (χ0v) is 12.1. The van der Waals surface area contributed by atoms with Crippen molar-refractivity contribution in [2.45, 2.75) is 19.8 Å². The van der Waals surface area contributed by atoms with Crippen LogP contribution in [0.15, 0.2) is 24.3 Å². The van der Waals surface area contributed by atoms with Crippen molar-refractivity contribution in [3.8, 4) is 0 Å². The van der Waals surface area contributed by atoms with E-state index in [-0.39, 0.29) is 0 Å². The second-order valence-electron chi connectivity index (χ2n) is 2.49. The molecule has 2 heteroatoms. The number of halogens is 1. The Bertz CT molecular complexity index is 172. The average molecular weight is 311 g/mol. The third-order valence-electron chi connectivity index (χ3n) is 1.40. The van der Waals surface area contributed by atoms with E-state index >= 15 is 0 Å². The van der Waals surface area contributed by atoms with Crippen molar-refractivity contribution < 1.29 is 14.8 Å². The monoisotopic (exact) mass is 310 g/mol. The molecule has 0 saturated heterocycles. The molecule has 0 aliphatic rings. The molecule has 0 saturated carbocycles. The van der Waals surface area contributed by atoms with Gasteiger partial charge >= 0.3 is 34.5 Å². The molecule has 0 N–H and O–H groups in total. The summed E-state index contributed by atoms with van der Waals surface area (Å²) in [4.78, 5) is 0. The predicted molar refractivity (Wildman–Crippen MR) is 53.4 cm³/mol. The molecule has 0 unspecified atom stereocenters. The molecule has 0 aromatic heterocycles. The zero-order chi connectivity index (χ0) is 8.69. The summed E-state index contributed by atoms with van der Waals surface area (Å²) in [6.07, 6.45) is 0. The van der Waals surface area contributed by atoms with Gasteiger partial charge in [-0.2, -0.15) is 35.9 Å². The standard InChI is InChI=1S/C9H11.HI.Zn/c1-8(2)9-6-4-3-5-7-9;;/h3-4,6-8H,1-2H3;1H;/q-1;;+2/p-1. The first-order valence-electron chi connectivity index (χ1n) is 3.53. The van der Waals surface area contributed by atoms with Crippen LogP contribution in [0.5, 0.6) is 0 Å². The second kappa shape index (κ2) is 7.23. The van der Waals surface area contributed by atoms with E-state index in [1.807, 2.05) is 18.2 Å². The molecule has 0 aliphatic heterocycles. The maximum atomic E-state index is 3.04. The van der Waals surface area contributed by atoms with E-state index in [0.717, 1.165) is 0 Å². The van der Waals surface area contributed by atoms with Crippen LogP contribution in [0.2, 0.25) is 0 Å². The molecule has 1 rings (SSSR count). The van der Waals surface area contributed by atoms with Crippen molar-refractivity contribution in [3.05, 3.63) is 35.9 Å². The fourth-order valence-corrected chi connectivity index (χ4v) is 0.766. The van der Waals surface area contributed by atoms with Gasteiger partial charge < -0.3 is 0 Å². The number of hydrogen-bond acceptors (Lipinski definition) is 0. The van der Waals surface area contributed by atoms with E-state index in [1.54, 1.807) is 0 Å². The molecule has 0 atom stereocenters. The average Bonchev–Trinajstić information content (AvgIpc) is 2.10. The Hall–Kier alpha value is 0.573. The molecule has 0 nitrogen and oxygen atoms in total. The third-order valence-corrected chi connectivity index (χ3v) is 1.40. The van der Waals surface area contributed by atoms with Gasteiger partial charge in [0.05, 0.1) is 0 Å². The van der Waals surface area contributed by atoms with Gasteiger partial charge in [0, 0.05) is 0 Å². The molecule has 0 fully saturated rings. The van der Waals surface area contributed by atoms with E-state index in [1.165, 1.54) is 20.4 Å². The minimum absolute atomic E-state index is 0.627. The topological polar surface area (TPSA) is 0 Å². The number of benzene rings is 1. The second-order valence-corrected chi connectivity index (χ2v) is 2.49. The molecule has 11 heavy (non-hydrogen) atoms. The van der Waals surface area contributed by atoms with Crippen molar-refractivity contribution in [1.82, 2.24) is 0 Å². The third kappa shape index (κ3) is 4.92. The number of hydrogen-bond donors (Lipinski definition) is 0. The van der Waals surface area contributed by atoms with Gasteiger partial charge in [-0.1, -0.05) is 19.8 Å². The van der Waals surface area contributed by atoms with Gasteiger partial charge in [-0.3, -0.25) is 0 Å². The van der Waals surface area contributed by atoms with Crippen LogP contribution in [0.25, 0.3) is 0 Å². The Morgan fingerprint density at radius 1 is 1.45 bits per heavy atom. The molecule has 0 amide bonds. The van der Waals surface area contributed by atoms with Crippen molar-refractivity contribution >= 4 is 19.8 Å². The van der Waals surface area contributed by atoms with Crippen LogP contribution in [0.4, 0.5) is 0 Å². The Kier molecular flexibility index (Phi) is 7.61. The first-order valence-corrected chi connectivity index (χ1v) is 12.6. The number of rotatable bonds is 1. The molecule has 0 radical (unpaired) electrons. The normalized spacial score (nSPS) is 8.91. The molecule has 1 aromatic rings. The summed E-state index contributed by atoms with van der Waals surface area (Å²) in [5.74, 6) is 0.627. The Morgan fingerprint density at radius 2 is 2.09 bits per heavy atom. The van der Waals surface area contributed by atoms with Crippen molar-refractivity contribution in [3.63, 3.8) is 0 Å². The van der Waals surface area contributed by atoms with Crippen LogP contribution in [0.3, 0.4) is 0 Å². The first kappa shape index (κ1) is 11.6. The van der Waals surface area contributed by atoms with Gasteiger partial charge in [0.15, 0.2) is 0 Å². The molecular weight excluding hydrogens is 300 g/mol. The van der Waals surface area contributed by atoms with Gasteiger partial charge in [0.25, 0.3) is 0 Å². The molecule has 1 aromatic carbocycles.